The molecule has 0 saturated heterocycles. The molecular formula is C23H28N4O2. The zero-order valence-electron chi connectivity index (χ0n) is 17.0. The molecule has 6 nitrogen and oxygen atoms in total. The Labute approximate surface area is 172 Å². The van der Waals surface area contributed by atoms with Crippen molar-refractivity contribution in [2.75, 3.05) is 0 Å². The molecule has 0 aromatic heterocycles. The Balaban J connectivity index is 1.59. The topological polar surface area (TPSA) is 82.9 Å². The summed E-state index contributed by atoms with van der Waals surface area (Å²) >= 11 is 0. The second-order valence-electron chi connectivity index (χ2n) is 6.76. The molecule has 0 spiro atoms. The lowest BCUT2D eigenvalue weighted by Crippen LogP contribution is -2.19. The van der Waals surface area contributed by atoms with Crippen molar-refractivity contribution in [3.63, 3.8) is 0 Å². The van der Waals surface area contributed by atoms with Crippen LogP contribution in [0.2, 0.25) is 0 Å². The number of amides is 2. The molecule has 0 heterocycles. The number of nitrogens with zero attached hydrogens (tertiary/aromatic N) is 2. The van der Waals surface area contributed by atoms with Gasteiger partial charge in [0.25, 0.3) is 0 Å². The number of benzene rings is 2. The molecule has 2 amide bonds. The predicted octanol–water partition coefficient (Wildman–Crippen LogP) is 4.02. The maximum Gasteiger partial charge on any atom is 0.240 e. The van der Waals surface area contributed by atoms with Gasteiger partial charge >= 0.3 is 0 Å². The molecule has 0 aliphatic carbocycles. The Morgan fingerprint density at radius 1 is 0.655 bits per heavy atom. The van der Waals surface area contributed by atoms with Crippen LogP contribution in [0.15, 0.2) is 70.9 Å². The molecule has 0 unspecified atom stereocenters. The predicted molar refractivity (Wildman–Crippen MR) is 117 cm³/mol. The first-order valence-corrected chi connectivity index (χ1v) is 9.83. The molecule has 2 rings (SSSR count). The van der Waals surface area contributed by atoms with E-state index in [0.717, 1.165) is 29.0 Å². The molecule has 0 fully saturated rings. The van der Waals surface area contributed by atoms with E-state index in [9.17, 15) is 9.59 Å². The maximum absolute atomic E-state index is 11.9. The third kappa shape index (κ3) is 8.51. The van der Waals surface area contributed by atoms with Crippen molar-refractivity contribution < 1.29 is 9.59 Å². The summed E-state index contributed by atoms with van der Waals surface area (Å²) in [4.78, 5) is 23.7. The van der Waals surface area contributed by atoms with Crippen molar-refractivity contribution >= 4 is 23.2 Å². The second kappa shape index (κ2) is 12.2. The van der Waals surface area contributed by atoms with Crippen LogP contribution in [0.25, 0.3) is 0 Å². The Bertz CT molecular complexity index is 774. The smallest absolute Gasteiger partial charge is 0.240 e. The fourth-order valence-electron chi connectivity index (χ4n) is 2.64. The number of carbonyl (C=O) groups is 2. The van der Waals surface area contributed by atoms with Crippen LogP contribution in [0.4, 0.5) is 0 Å². The van der Waals surface area contributed by atoms with Gasteiger partial charge in [0.15, 0.2) is 0 Å². The van der Waals surface area contributed by atoms with Gasteiger partial charge in [-0.15, -0.1) is 0 Å². The van der Waals surface area contributed by atoms with Crippen LogP contribution in [-0.2, 0) is 9.59 Å². The van der Waals surface area contributed by atoms with Crippen molar-refractivity contribution in [2.45, 2.75) is 46.0 Å². The summed E-state index contributed by atoms with van der Waals surface area (Å²) in [6.07, 6.45) is 3.00. The molecule has 2 aromatic rings. The molecule has 0 radical (unpaired) electrons. The minimum Gasteiger partial charge on any atom is -0.273 e. The average Bonchev–Trinajstić information content (AvgIpc) is 2.76. The van der Waals surface area contributed by atoms with Gasteiger partial charge < -0.3 is 0 Å². The Kier molecular flexibility index (Phi) is 9.29. The molecule has 2 N–H and O–H groups in total. The van der Waals surface area contributed by atoms with Gasteiger partial charge in [-0.05, 0) is 37.8 Å². The van der Waals surface area contributed by atoms with Crippen LogP contribution in [0.3, 0.4) is 0 Å². The van der Waals surface area contributed by atoms with Crippen molar-refractivity contribution in [1.29, 1.82) is 0 Å². The average molecular weight is 393 g/mol. The highest BCUT2D eigenvalue weighted by atomic mass is 16.2. The van der Waals surface area contributed by atoms with Crippen molar-refractivity contribution in [3.05, 3.63) is 71.8 Å². The van der Waals surface area contributed by atoms with Crippen LogP contribution < -0.4 is 10.9 Å². The Morgan fingerprint density at radius 3 is 1.41 bits per heavy atom. The van der Waals surface area contributed by atoms with E-state index in [0.29, 0.717) is 25.7 Å². The first-order chi connectivity index (χ1) is 14.1. The van der Waals surface area contributed by atoms with Crippen LogP contribution in [-0.4, -0.2) is 23.2 Å². The summed E-state index contributed by atoms with van der Waals surface area (Å²) in [6.45, 7) is 3.71. The largest absolute Gasteiger partial charge is 0.273 e. The molecule has 0 bridgehead atoms. The SMILES string of the molecule is C/C(=N\NC(=O)CCCCCC(=O)N/N=C(\C)c1ccccc1)c1ccccc1. The van der Waals surface area contributed by atoms with Crippen LogP contribution in [0, 0.1) is 0 Å². The quantitative estimate of drug-likeness (QED) is 0.364. The van der Waals surface area contributed by atoms with Crippen molar-refractivity contribution in [2.24, 2.45) is 10.2 Å². The zero-order valence-corrected chi connectivity index (χ0v) is 17.0. The maximum atomic E-state index is 11.9. The minimum atomic E-state index is -0.118. The lowest BCUT2D eigenvalue weighted by atomic mass is 10.1. The summed E-state index contributed by atoms with van der Waals surface area (Å²) in [5.41, 5.74) is 8.65. The van der Waals surface area contributed by atoms with Crippen molar-refractivity contribution in [3.8, 4) is 0 Å². The molecule has 2 aromatic carbocycles. The molecular weight excluding hydrogens is 364 g/mol. The van der Waals surface area contributed by atoms with Gasteiger partial charge in [-0.25, -0.2) is 10.9 Å². The molecule has 152 valence electrons. The van der Waals surface area contributed by atoms with Crippen molar-refractivity contribution in [1.82, 2.24) is 10.9 Å². The van der Waals surface area contributed by atoms with Gasteiger partial charge in [0.1, 0.15) is 0 Å². The van der Waals surface area contributed by atoms with Gasteiger partial charge in [0, 0.05) is 12.8 Å². The van der Waals surface area contributed by atoms with E-state index >= 15 is 0 Å². The molecule has 29 heavy (non-hydrogen) atoms. The fourth-order valence-corrected chi connectivity index (χ4v) is 2.64. The van der Waals surface area contributed by atoms with Crippen LogP contribution in [0.1, 0.15) is 57.1 Å². The van der Waals surface area contributed by atoms with Gasteiger partial charge in [-0.1, -0.05) is 67.1 Å². The summed E-state index contributed by atoms with van der Waals surface area (Å²) in [7, 11) is 0. The normalized spacial score (nSPS) is 11.8. The van der Waals surface area contributed by atoms with E-state index in [4.69, 9.17) is 0 Å². The monoisotopic (exact) mass is 392 g/mol. The number of hydrogen-bond acceptors (Lipinski definition) is 4. The highest BCUT2D eigenvalue weighted by Crippen LogP contribution is 2.04. The van der Waals surface area contributed by atoms with Gasteiger partial charge in [-0.3, -0.25) is 9.59 Å². The second-order valence-corrected chi connectivity index (χ2v) is 6.76. The first kappa shape index (κ1) is 22.0. The summed E-state index contributed by atoms with van der Waals surface area (Å²) in [5.74, 6) is -0.236. The number of rotatable bonds is 10. The number of hydrogen-bond donors (Lipinski definition) is 2. The molecule has 0 aliphatic heterocycles. The highest BCUT2D eigenvalue weighted by Gasteiger charge is 2.04. The first-order valence-electron chi connectivity index (χ1n) is 9.83. The van der Waals surface area contributed by atoms with E-state index in [1.165, 1.54) is 0 Å². The summed E-state index contributed by atoms with van der Waals surface area (Å²) in [5, 5.41) is 8.25. The molecule has 0 saturated carbocycles. The van der Waals surface area contributed by atoms with E-state index in [1.807, 2.05) is 74.5 Å². The van der Waals surface area contributed by atoms with E-state index in [2.05, 4.69) is 21.1 Å². The third-order valence-corrected chi connectivity index (χ3v) is 4.39. The van der Waals surface area contributed by atoms with E-state index in [1.54, 1.807) is 0 Å². The van der Waals surface area contributed by atoms with Gasteiger partial charge in [-0.2, -0.15) is 10.2 Å². The van der Waals surface area contributed by atoms with Gasteiger partial charge in [0.05, 0.1) is 11.4 Å². The number of carbonyl (C=O) groups excluding carboxylic acids is 2. The highest BCUT2D eigenvalue weighted by molar-refractivity contribution is 5.99. The lowest BCUT2D eigenvalue weighted by Gasteiger charge is -2.04. The molecule has 0 aliphatic rings. The summed E-state index contributed by atoms with van der Waals surface area (Å²) in [6, 6.07) is 19.4. The standard InChI is InChI=1S/C23H28N4O2/c1-18(20-12-6-3-7-13-20)24-26-22(28)16-10-5-11-17-23(29)27-25-19(2)21-14-8-4-9-15-21/h3-4,6-9,12-15H,5,10-11,16-17H2,1-2H3,(H,26,28)(H,27,29)/b24-18+,25-19+. The van der Waals surface area contributed by atoms with E-state index in [-0.39, 0.29) is 11.8 Å². The van der Waals surface area contributed by atoms with Crippen LogP contribution >= 0.6 is 0 Å². The Hall–Kier alpha value is -3.28. The zero-order chi connectivity index (χ0) is 20.9. The van der Waals surface area contributed by atoms with E-state index < -0.39 is 0 Å². The minimum absolute atomic E-state index is 0.118. The molecule has 0 atom stereocenters. The molecule has 6 heteroatoms. The summed E-state index contributed by atoms with van der Waals surface area (Å²) < 4.78 is 0. The number of nitrogens with one attached hydrogen (secondary N) is 2. The number of unbranched alkanes of at least 4 members (excludes halogenated alkanes) is 2. The number of hydrazone groups is 2. The van der Waals surface area contributed by atoms with Gasteiger partial charge in [0.2, 0.25) is 11.8 Å². The Morgan fingerprint density at radius 2 is 1.03 bits per heavy atom. The van der Waals surface area contributed by atoms with Crippen LogP contribution in [0.5, 0.6) is 0 Å². The third-order valence-electron chi connectivity index (χ3n) is 4.39. The lowest BCUT2D eigenvalue weighted by molar-refractivity contribution is -0.121. The fraction of sp³-hybridized carbons (Fsp3) is 0.304.